The molecule has 5 fully saturated rings. The molecule has 5 rings (SSSR count). The third-order valence-electron chi connectivity index (χ3n) is 9.70. The van der Waals surface area contributed by atoms with E-state index in [0.717, 1.165) is 12.8 Å². The minimum Gasteiger partial charge on any atom is -0.462 e. The van der Waals surface area contributed by atoms with Gasteiger partial charge in [-0.25, -0.2) is 0 Å². The number of carbonyl (C=O) groups is 4. The molecule has 192 valence electrons. The number of aliphatic hydroxyl groups is 1. The normalized spacial score (nSPS) is 47.9. The highest BCUT2D eigenvalue weighted by molar-refractivity contribution is 6.05. The van der Waals surface area contributed by atoms with Gasteiger partial charge in [-0.3, -0.25) is 19.2 Å². The van der Waals surface area contributed by atoms with Crippen LogP contribution in [0, 0.1) is 34.0 Å². The molecule has 0 aromatic heterocycles. The highest BCUT2D eigenvalue weighted by atomic mass is 16.6. The molecule has 1 aliphatic heterocycles. The standard InChI is InChI=1S/C26H34O9/c1-12-16-9-17(33-13(2)27)20-25-8-6-7-24(5,11-32-23(25)31)18(25)10-19(34-14(3)28)26(20,21(12)30)22(16)35-15(4)29/h16-20,22-23,31H,1,6-11H2,2-5H3/t16-,17-,18+,19?,20-,22+,23?,24-,25-,26?/m0/s1. The maximum Gasteiger partial charge on any atom is 0.302 e. The second-order valence-corrected chi connectivity index (χ2v) is 11.5. The Hall–Kier alpha value is -2.26. The fraction of sp³-hybridized carbons (Fsp3) is 0.769. The summed E-state index contributed by atoms with van der Waals surface area (Å²) >= 11 is 0. The van der Waals surface area contributed by atoms with Crippen LogP contribution in [0.15, 0.2) is 12.2 Å². The van der Waals surface area contributed by atoms with Crippen molar-refractivity contribution in [3.8, 4) is 0 Å². The van der Waals surface area contributed by atoms with Gasteiger partial charge in [-0.2, -0.15) is 0 Å². The zero-order valence-corrected chi connectivity index (χ0v) is 20.7. The maximum atomic E-state index is 14.2. The number of esters is 3. The van der Waals surface area contributed by atoms with Gasteiger partial charge in [-0.1, -0.05) is 19.9 Å². The van der Waals surface area contributed by atoms with Gasteiger partial charge in [-0.05, 0) is 42.6 Å². The van der Waals surface area contributed by atoms with E-state index in [4.69, 9.17) is 18.9 Å². The molecule has 4 bridgehead atoms. The van der Waals surface area contributed by atoms with Crippen molar-refractivity contribution in [2.75, 3.05) is 6.61 Å². The number of Topliss-reactive ketones (excluding diaryl/α,β-unsaturated/α-hetero) is 1. The van der Waals surface area contributed by atoms with Crippen LogP contribution in [-0.4, -0.2) is 60.0 Å². The molecule has 0 amide bonds. The summed E-state index contributed by atoms with van der Waals surface area (Å²) in [5.74, 6) is -3.53. The van der Waals surface area contributed by atoms with Gasteiger partial charge in [0, 0.05) is 38.0 Å². The fourth-order valence-corrected chi connectivity index (χ4v) is 8.85. The van der Waals surface area contributed by atoms with E-state index in [9.17, 15) is 24.3 Å². The molecule has 0 aromatic rings. The van der Waals surface area contributed by atoms with Crippen molar-refractivity contribution < 1.29 is 43.2 Å². The molecule has 0 radical (unpaired) electrons. The second kappa shape index (κ2) is 7.87. The zero-order chi connectivity index (χ0) is 25.5. The number of rotatable bonds is 3. The first kappa shape index (κ1) is 24.4. The van der Waals surface area contributed by atoms with E-state index < -0.39 is 65.2 Å². The minimum atomic E-state index is -1.53. The quantitative estimate of drug-likeness (QED) is 0.359. The molecular formula is C26H34O9. The molecule has 1 N–H and O–H groups in total. The number of ether oxygens (including phenoxy) is 4. The summed E-state index contributed by atoms with van der Waals surface area (Å²) in [4.78, 5) is 51.2. The highest BCUT2D eigenvalue weighted by Crippen LogP contribution is 2.74. The van der Waals surface area contributed by atoms with Crippen LogP contribution >= 0.6 is 0 Å². The van der Waals surface area contributed by atoms with Crippen molar-refractivity contribution in [2.24, 2.45) is 34.0 Å². The number of hydrogen-bond acceptors (Lipinski definition) is 9. The van der Waals surface area contributed by atoms with Crippen LogP contribution in [0.5, 0.6) is 0 Å². The lowest BCUT2D eigenvalue weighted by Gasteiger charge is -2.70. The Labute approximate surface area is 204 Å². The number of hydrogen-bond donors (Lipinski definition) is 1. The smallest absolute Gasteiger partial charge is 0.302 e. The Balaban J connectivity index is 1.80. The topological polar surface area (TPSA) is 125 Å². The molecule has 1 heterocycles. The predicted octanol–water partition coefficient (Wildman–Crippen LogP) is 2.09. The zero-order valence-electron chi connectivity index (χ0n) is 20.7. The van der Waals surface area contributed by atoms with Crippen LogP contribution in [-0.2, 0) is 38.1 Å². The largest absolute Gasteiger partial charge is 0.462 e. The van der Waals surface area contributed by atoms with Gasteiger partial charge in [0.1, 0.15) is 23.7 Å². The third kappa shape index (κ3) is 3.06. The SMILES string of the molecule is C=C1C(=O)C23C(OC(C)=O)C[C@@H]4[C@@]5(C)CCC[C@@]4(C(O)OC5)[C@@H]2[C@@H](OC(C)=O)C[C@@H]1[C@H]3OC(C)=O. The van der Waals surface area contributed by atoms with Crippen LogP contribution in [0.2, 0.25) is 0 Å². The molecule has 4 saturated carbocycles. The van der Waals surface area contributed by atoms with E-state index in [2.05, 4.69) is 13.5 Å². The van der Waals surface area contributed by atoms with Crippen LogP contribution in [0.1, 0.15) is 59.8 Å². The molecule has 9 nitrogen and oxygen atoms in total. The molecule has 1 saturated heterocycles. The predicted molar refractivity (Wildman–Crippen MR) is 119 cm³/mol. The first-order valence-corrected chi connectivity index (χ1v) is 12.4. The minimum absolute atomic E-state index is 0.165. The Morgan fingerprint density at radius 3 is 2.31 bits per heavy atom. The van der Waals surface area contributed by atoms with Gasteiger partial charge in [0.2, 0.25) is 0 Å². The summed E-state index contributed by atoms with van der Waals surface area (Å²) in [7, 11) is 0. The monoisotopic (exact) mass is 490 g/mol. The van der Waals surface area contributed by atoms with E-state index in [1.165, 1.54) is 20.8 Å². The molecule has 4 aliphatic carbocycles. The first-order chi connectivity index (χ1) is 16.4. The molecule has 1 spiro atoms. The molecule has 5 aliphatic rings. The van der Waals surface area contributed by atoms with Crippen LogP contribution in [0.25, 0.3) is 0 Å². The summed E-state index contributed by atoms with van der Waals surface area (Å²) < 4.78 is 23.6. The average Bonchev–Trinajstić information content (AvgIpc) is 2.87. The molecule has 3 unspecified atom stereocenters. The Bertz CT molecular complexity index is 1000. The number of fused-ring (bicyclic) bond motifs is 1. The highest BCUT2D eigenvalue weighted by Gasteiger charge is 2.82. The van der Waals surface area contributed by atoms with Crippen LogP contribution < -0.4 is 0 Å². The van der Waals surface area contributed by atoms with Crippen molar-refractivity contribution in [3.63, 3.8) is 0 Å². The van der Waals surface area contributed by atoms with Crippen molar-refractivity contribution in [2.45, 2.75) is 84.4 Å². The third-order valence-corrected chi connectivity index (χ3v) is 9.70. The van der Waals surface area contributed by atoms with E-state index in [0.29, 0.717) is 19.4 Å². The van der Waals surface area contributed by atoms with Gasteiger partial charge < -0.3 is 24.1 Å². The average molecular weight is 491 g/mol. The number of ketones is 1. The molecule has 0 aromatic carbocycles. The summed E-state index contributed by atoms with van der Waals surface area (Å²) in [6.07, 6.45) is -1.13. The van der Waals surface area contributed by atoms with Crippen molar-refractivity contribution in [3.05, 3.63) is 12.2 Å². The first-order valence-electron chi connectivity index (χ1n) is 12.4. The maximum absolute atomic E-state index is 14.2. The lowest BCUT2D eigenvalue weighted by Crippen LogP contribution is -2.76. The Kier molecular flexibility index (Phi) is 5.49. The molecule has 9 heteroatoms. The van der Waals surface area contributed by atoms with Crippen molar-refractivity contribution in [1.29, 1.82) is 0 Å². The Morgan fingerprint density at radius 1 is 1.03 bits per heavy atom. The lowest BCUT2D eigenvalue weighted by molar-refractivity contribution is -0.357. The molecular weight excluding hydrogens is 456 g/mol. The fourth-order valence-electron chi connectivity index (χ4n) is 8.85. The van der Waals surface area contributed by atoms with Gasteiger partial charge in [0.05, 0.1) is 6.61 Å². The number of carbonyl (C=O) groups excluding carboxylic acids is 4. The van der Waals surface area contributed by atoms with Gasteiger partial charge in [0.15, 0.2) is 12.1 Å². The van der Waals surface area contributed by atoms with E-state index in [1.54, 1.807) is 0 Å². The van der Waals surface area contributed by atoms with Gasteiger partial charge in [-0.15, -0.1) is 0 Å². The summed E-state index contributed by atoms with van der Waals surface area (Å²) in [6.45, 7) is 10.4. The van der Waals surface area contributed by atoms with Gasteiger partial charge in [0.25, 0.3) is 0 Å². The Morgan fingerprint density at radius 2 is 1.69 bits per heavy atom. The summed E-state index contributed by atoms with van der Waals surface area (Å²) in [5.41, 5.74) is -2.54. The summed E-state index contributed by atoms with van der Waals surface area (Å²) in [6, 6.07) is 0. The van der Waals surface area contributed by atoms with Crippen molar-refractivity contribution >= 4 is 23.7 Å². The van der Waals surface area contributed by atoms with Crippen LogP contribution in [0.4, 0.5) is 0 Å². The molecule has 35 heavy (non-hydrogen) atoms. The van der Waals surface area contributed by atoms with E-state index >= 15 is 0 Å². The second-order valence-electron chi connectivity index (χ2n) is 11.5. The van der Waals surface area contributed by atoms with Gasteiger partial charge >= 0.3 is 17.9 Å². The summed E-state index contributed by atoms with van der Waals surface area (Å²) in [5, 5.41) is 11.5. The lowest BCUT2D eigenvalue weighted by atomic mass is 9.37. The van der Waals surface area contributed by atoms with Crippen LogP contribution in [0.3, 0.4) is 0 Å². The number of aliphatic hydroxyl groups excluding tert-OH is 1. The van der Waals surface area contributed by atoms with E-state index in [1.807, 2.05) is 0 Å². The van der Waals surface area contributed by atoms with E-state index in [-0.39, 0.29) is 29.1 Å². The molecule has 10 atom stereocenters. The van der Waals surface area contributed by atoms with Crippen molar-refractivity contribution in [1.82, 2.24) is 0 Å².